The van der Waals surface area contributed by atoms with E-state index >= 15 is 0 Å². The molecule has 0 aromatic heterocycles. The summed E-state index contributed by atoms with van der Waals surface area (Å²) in [6.07, 6.45) is 1.74. The number of benzene rings is 2. The standard InChI is InChI=1S/C36H41N3O8/c1-35(2,3)20-10-8-16(9-11-20)21-13-19(15-38-34(46)17-6-7-17)28(40)25-22(21)12-18-14-23-27(39(4)5)30(42)26(33(37)45)32(44)36(23,47)31(43)24(18)29(25)41/h8-11,13,17-18,23,27,40,42-43,47H,6-7,12,14-15H2,1-5H3,(H2,37,45)(H,38,46)/t18-,23-,27-,36-/m1/s1. The van der Waals surface area contributed by atoms with Crippen molar-refractivity contribution in [1.29, 1.82) is 0 Å². The van der Waals surface area contributed by atoms with Crippen molar-refractivity contribution in [3.05, 3.63) is 75.3 Å². The molecule has 4 aliphatic carbocycles. The number of hydrogen-bond acceptors (Lipinski definition) is 9. The van der Waals surface area contributed by atoms with Gasteiger partial charge in [0, 0.05) is 29.5 Å². The maximum atomic E-state index is 14.4. The molecule has 0 bridgehead atoms. The van der Waals surface area contributed by atoms with Crippen LogP contribution in [0.25, 0.3) is 11.1 Å². The Hall–Kier alpha value is -4.48. The van der Waals surface area contributed by atoms with Crippen LogP contribution < -0.4 is 11.1 Å². The van der Waals surface area contributed by atoms with Crippen LogP contribution in [0.15, 0.2) is 53.0 Å². The lowest BCUT2D eigenvalue weighted by atomic mass is 9.58. The molecule has 0 unspecified atom stereocenters. The molecule has 1 saturated carbocycles. The van der Waals surface area contributed by atoms with Crippen molar-refractivity contribution in [3.63, 3.8) is 0 Å². The molecule has 0 heterocycles. The number of primary amides is 1. The lowest BCUT2D eigenvalue weighted by Crippen LogP contribution is -2.63. The largest absolute Gasteiger partial charge is 0.510 e. The first-order valence-corrected chi connectivity index (χ1v) is 15.9. The molecule has 248 valence electrons. The van der Waals surface area contributed by atoms with Gasteiger partial charge in [0.1, 0.15) is 22.8 Å². The van der Waals surface area contributed by atoms with Gasteiger partial charge in [-0.25, -0.2) is 0 Å². The SMILES string of the molecule is CN(C)[C@H]1C(O)=C(C(N)=O)C(=O)[C@]2(O)C(O)=C3C(=O)c4c(O)c(CNC(=O)C5CC5)cc(-c5ccc(C(C)(C)C)cc5)c4C[C@@H]3C[C@H]12. The number of phenols is 1. The topological polar surface area (TPSA) is 190 Å². The number of rotatable bonds is 6. The summed E-state index contributed by atoms with van der Waals surface area (Å²) in [7, 11) is 3.18. The normalized spacial score (nSPS) is 25.8. The van der Waals surface area contributed by atoms with Crippen LogP contribution in [-0.4, -0.2) is 74.4 Å². The number of aliphatic hydroxyl groups excluding tert-OH is 2. The molecular formula is C36H41N3O8. The van der Waals surface area contributed by atoms with Gasteiger partial charge in [0.2, 0.25) is 11.7 Å². The van der Waals surface area contributed by atoms with Crippen molar-refractivity contribution in [3.8, 4) is 16.9 Å². The molecule has 11 nitrogen and oxygen atoms in total. The van der Waals surface area contributed by atoms with Crippen molar-refractivity contribution in [2.75, 3.05) is 14.1 Å². The van der Waals surface area contributed by atoms with Crippen molar-refractivity contribution in [2.45, 2.75) is 70.1 Å². The van der Waals surface area contributed by atoms with Crippen LogP contribution in [0, 0.1) is 17.8 Å². The van der Waals surface area contributed by atoms with E-state index in [2.05, 4.69) is 26.1 Å². The van der Waals surface area contributed by atoms with Gasteiger partial charge in [0.15, 0.2) is 11.4 Å². The minimum Gasteiger partial charge on any atom is -0.510 e. The number of aromatic hydroxyl groups is 1. The molecule has 4 aliphatic rings. The summed E-state index contributed by atoms with van der Waals surface area (Å²) in [4.78, 5) is 54.4. The minimum absolute atomic E-state index is 0.00583. The molecule has 0 radical (unpaired) electrons. The molecule has 0 aliphatic heterocycles. The average molecular weight is 644 g/mol. The fraction of sp³-hybridized carbons (Fsp3) is 0.444. The molecule has 0 saturated heterocycles. The first kappa shape index (κ1) is 32.5. The van der Waals surface area contributed by atoms with Gasteiger partial charge in [-0.15, -0.1) is 0 Å². The van der Waals surface area contributed by atoms with Gasteiger partial charge < -0.3 is 31.5 Å². The van der Waals surface area contributed by atoms with Crippen molar-refractivity contribution in [1.82, 2.24) is 10.2 Å². The van der Waals surface area contributed by atoms with Gasteiger partial charge >= 0.3 is 0 Å². The number of hydrogen-bond donors (Lipinski definition) is 6. The smallest absolute Gasteiger partial charge is 0.255 e. The first-order valence-electron chi connectivity index (χ1n) is 15.9. The Kier molecular flexibility index (Phi) is 7.64. The zero-order valence-corrected chi connectivity index (χ0v) is 27.2. The van der Waals surface area contributed by atoms with Crippen LogP contribution in [0.4, 0.5) is 0 Å². The Balaban J connectivity index is 1.53. The Labute approximate surface area is 272 Å². The molecule has 0 spiro atoms. The number of ketones is 2. The molecule has 6 rings (SSSR count). The zero-order chi connectivity index (χ0) is 34.3. The number of carbonyl (C=O) groups excluding carboxylic acids is 4. The number of aliphatic hydroxyl groups is 3. The maximum Gasteiger partial charge on any atom is 0.255 e. The summed E-state index contributed by atoms with van der Waals surface area (Å²) in [6.45, 7) is 6.27. The first-order chi connectivity index (χ1) is 22.0. The van der Waals surface area contributed by atoms with E-state index < -0.39 is 58.0 Å². The van der Waals surface area contributed by atoms with Gasteiger partial charge in [-0.2, -0.15) is 0 Å². The number of fused-ring (bicyclic) bond motifs is 3. The van der Waals surface area contributed by atoms with Crippen molar-refractivity contribution in [2.24, 2.45) is 23.5 Å². The van der Waals surface area contributed by atoms with Crippen LogP contribution in [0.5, 0.6) is 5.75 Å². The number of nitrogens with two attached hydrogens (primary N) is 1. The summed E-state index contributed by atoms with van der Waals surface area (Å²) >= 11 is 0. The van der Waals surface area contributed by atoms with Crippen LogP contribution >= 0.6 is 0 Å². The number of allylic oxidation sites excluding steroid dienone is 1. The van der Waals surface area contributed by atoms with E-state index in [0.29, 0.717) is 16.7 Å². The Morgan fingerprint density at radius 3 is 2.26 bits per heavy atom. The highest BCUT2D eigenvalue weighted by atomic mass is 16.3. The molecule has 4 atom stereocenters. The van der Waals surface area contributed by atoms with Gasteiger partial charge in [-0.1, -0.05) is 45.0 Å². The molecule has 1 fully saturated rings. The second-order valence-corrected chi connectivity index (χ2v) is 14.6. The number of carbonyl (C=O) groups is 4. The maximum absolute atomic E-state index is 14.4. The number of phenolic OH excluding ortho intramolecular Hbond substituents is 1. The van der Waals surface area contributed by atoms with E-state index in [4.69, 9.17) is 5.73 Å². The van der Waals surface area contributed by atoms with E-state index in [1.807, 2.05) is 24.3 Å². The monoisotopic (exact) mass is 643 g/mol. The average Bonchev–Trinajstić information content (AvgIpc) is 3.84. The highest BCUT2D eigenvalue weighted by Crippen LogP contribution is 2.53. The summed E-state index contributed by atoms with van der Waals surface area (Å²) in [5.74, 6) is -7.25. The second-order valence-electron chi connectivity index (χ2n) is 14.6. The van der Waals surface area contributed by atoms with Crippen LogP contribution in [0.1, 0.15) is 67.1 Å². The molecular weight excluding hydrogens is 602 g/mol. The summed E-state index contributed by atoms with van der Waals surface area (Å²) in [6, 6.07) is 8.61. The van der Waals surface area contributed by atoms with E-state index in [-0.39, 0.29) is 53.5 Å². The number of likely N-dealkylation sites (N-methyl/N-ethyl adjacent to an activating group) is 1. The fourth-order valence-corrected chi connectivity index (χ4v) is 7.59. The predicted octanol–water partition coefficient (Wildman–Crippen LogP) is 3.11. The second kappa shape index (κ2) is 11.1. The van der Waals surface area contributed by atoms with E-state index in [0.717, 1.165) is 24.0 Å². The van der Waals surface area contributed by atoms with Gasteiger partial charge in [-0.05, 0) is 79.4 Å². The Morgan fingerprint density at radius 1 is 1.06 bits per heavy atom. The molecule has 2 amide bonds. The summed E-state index contributed by atoms with van der Waals surface area (Å²) in [5, 5.41) is 49.1. The third kappa shape index (κ3) is 5.03. The minimum atomic E-state index is -2.72. The lowest BCUT2D eigenvalue weighted by Gasteiger charge is -2.50. The highest BCUT2D eigenvalue weighted by molar-refractivity contribution is 6.25. The Morgan fingerprint density at radius 2 is 1.70 bits per heavy atom. The number of nitrogens with one attached hydrogen (secondary N) is 1. The number of nitrogens with zero attached hydrogens (tertiary/aromatic N) is 1. The van der Waals surface area contributed by atoms with Crippen LogP contribution in [-0.2, 0) is 32.8 Å². The fourth-order valence-electron chi connectivity index (χ4n) is 7.59. The summed E-state index contributed by atoms with van der Waals surface area (Å²) < 4.78 is 0. The summed E-state index contributed by atoms with van der Waals surface area (Å²) in [5.41, 5.74) is 4.84. The van der Waals surface area contributed by atoms with E-state index in [1.54, 1.807) is 20.2 Å². The van der Waals surface area contributed by atoms with E-state index in [9.17, 15) is 39.6 Å². The molecule has 47 heavy (non-hydrogen) atoms. The van der Waals surface area contributed by atoms with E-state index in [1.165, 1.54) is 4.90 Å². The third-order valence-corrected chi connectivity index (χ3v) is 10.3. The predicted molar refractivity (Wildman–Crippen MR) is 172 cm³/mol. The number of amides is 2. The highest BCUT2D eigenvalue weighted by Gasteiger charge is 2.63. The van der Waals surface area contributed by atoms with Crippen LogP contribution in [0.3, 0.4) is 0 Å². The Bertz CT molecular complexity index is 1800. The molecule has 7 N–H and O–H groups in total. The molecule has 2 aromatic rings. The lowest BCUT2D eigenvalue weighted by molar-refractivity contribution is -0.148. The van der Waals surface area contributed by atoms with Gasteiger partial charge in [0.05, 0.1) is 11.6 Å². The van der Waals surface area contributed by atoms with Crippen molar-refractivity contribution >= 4 is 23.4 Å². The van der Waals surface area contributed by atoms with Crippen LogP contribution in [0.2, 0.25) is 0 Å². The number of Topliss-reactive ketones (excluding diaryl/α,β-unsaturated/α-hetero) is 2. The molecule has 11 heteroatoms. The quantitative estimate of drug-likeness (QED) is 0.257. The van der Waals surface area contributed by atoms with Crippen molar-refractivity contribution < 1.29 is 39.6 Å². The molecule has 2 aromatic carbocycles. The third-order valence-electron chi connectivity index (χ3n) is 10.3. The van der Waals surface area contributed by atoms with Gasteiger partial charge in [0.25, 0.3) is 5.91 Å². The van der Waals surface area contributed by atoms with Gasteiger partial charge in [-0.3, -0.25) is 24.1 Å². The zero-order valence-electron chi connectivity index (χ0n) is 27.2.